The second kappa shape index (κ2) is 1.71. The molecule has 0 saturated heterocycles. The highest BCUT2D eigenvalue weighted by Gasteiger charge is 2.48. The SMILES string of the molecule is CC1=CC(=O)C2(CC1)CC2. The van der Waals surface area contributed by atoms with Crippen LogP contribution in [-0.4, -0.2) is 5.78 Å². The van der Waals surface area contributed by atoms with Gasteiger partial charge in [0.2, 0.25) is 0 Å². The molecule has 1 fully saturated rings. The topological polar surface area (TPSA) is 17.1 Å². The smallest absolute Gasteiger partial charge is 0.161 e. The Bertz CT molecular complexity index is 209. The van der Waals surface area contributed by atoms with Crippen LogP contribution in [0.15, 0.2) is 11.6 Å². The molecule has 2 aliphatic rings. The molecule has 0 aromatic carbocycles. The standard InChI is InChI=1S/C9H12O/c1-7-2-3-9(4-5-9)8(10)6-7/h6H,2-5H2,1H3. The van der Waals surface area contributed by atoms with Crippen molar-refractivity contribution in [3.8, 4) is 0 Å². The van der Waals surface area contributed by atoms with Gasteiger partial charge < -0.3 is 0 Å². The molecule has 1 heteroatoms. The molecule has 54 valence electrons. The van der Waals surface area contributed by atoms with Gasteiger partial charge in [-0.3, -0.25) is 4.79 Å². The number of carbonyl (C=O) groups excluding carboxylic acids is 1. The number of rotatable bonds is 0. The van der Waals surface area contributed by atoms with Gasteiger partial charge in [0.1, 0.15) is 0 Å². The zero-order chi connectivity index (χ0) is 7.19. The lowest BCUT2D eigenvalue weighted by Crippen LogP contribution is -2.17. The molecule has 1 nitrogen and oxygen atoms in total. The van der Waals surface area contributed by atoms with E-state index < -0.39 is 0 Å². The van der Waals surface area contributed by atoms with E-state index in [1.54, 1.807) is 0 Å². The van der Waals surface area contributed by atoms with E-state index >= 15 is 0 Å². The lowest BCUT2D eigenvalue weighted by molar-refractivity contribution is -0.120. The first kappa shape index (κ1) is 6.14. The maximum Gasteiger partial charge on any atom is 0.161 e. The summed E-state index contributed by atoms with van der Waals surface area (Å²) in [6, 6.07) is 0. The van der Waals surface area contributed by atoms with Gasteiger partial charge in [0.05, 0.1) is 0 Å². The summed E-state index contributed by atoms with van der Waals surface area (Å²) in [4.78, 5) is 11.3. The first-order valence-electron chi connectivity index (χ1n) is 3.95. The van der Waals surface area contributed by atoms with Crippen LogP contribution in [-0.2, 0) is 4.79 Å². The van der Waals surface area contributed by atoms with Crippen LogP contribution in [0.2, 0.25) is 0 Å². The van der Waals surface area contributed by atoms with Crippen LogP contribution in [0, 0.1) is 5.41 Å². The molecule has 0 atom stereocenters. The summed E-state index contributed by atoms with van der Waals surface area (Å²) in [6.07, 6.45) is 6.40. The minimum absolute atomic E-state index is 0.152. The minimum Gasteiger partial charge on any atom is -0.294 e. The molecule has 0 aliphatic heterocycles. The summed E-state index contributed by atoms with van der Waals surface area (Å²) < 4.78 is 0. The number of ketones is 1. The van der Waals surface area contributed by atoms with Crippen LogP contribution in [0.3, 0.4) is 0 Å². The van der Waals surface area contributed by atoms with Crippen molar-refractivity contribution in [1.82, 2.24) is 0 Å². The largest absolute Gasteiger partial charge is 0.294 e. The molecular formula is C9H12O. The molecular weight excluding hydrogens is 124 g/mol. The van der Waals surface area contributed by atoms with Crippen molar-refractivity contribution in [2.45, 2.75) is 32.6 Å². The second-order valence-electron chi connectivity index (χ2n) is 3.64. The Kier molecular flexibility index (Phi) is 1.05. The van der Waals surface area contributed by atoms with Gasteiger partial charge >= 0.3 is 0 Å². The van der Waals surface area contributed by atoms with E-state index in [-0.39, 0.29) is 5.41 Å². The highest BCUT2D eigenvalue weighted by atomic mass is 16.1. The summed E-state index contributed by atoms with van der Waals surface area (Å²) >= 11 is 0. The van der Waals surface area contributed by atoms with Crippen molar-refractivity contribution in [2.75, 3.05) is 0 Å². The first-order chi connectivity index (χ1) is 4.73. The summed E-state index contributed by atoms with van der Waals surface area (Å²) in [7, 11) is 0. The predicted octanol–water partition coefficient (Wildman–Crippen LogP) is 2.08. The first-order valence-corrected chi connectivity index (χ1v) is 3.95. The number of allylic oxidation sites excluding steroid dienone is 2. The van der Waals surface area contributed by atoms with Crippen LogP contribution in [0.4, 0.5) is 0 Å². The van der Waals surface area contributed by atoms with Gasteiger partial charge in [0, 0.05) is 5.41 Å². The fraction of sp³-hybridized carbons (Fsp3) is 0.667. The van der Waals surface area contributed by atoms with Gasteiger partial charge in [-0.05, 0) is 38.7 Å². The molecule has 10 heavy (non-hydrogen) atoms. The molecule has 0 heterocycles. The summed E-state index contributed by atoms with van der Waals surface area (Å²) in [5.41, 5.74) is 1.42. The third-order valence-corrected chi connectivity index (χ3v) is 2.75. The number of hydrogen-bond donors (Lipinski definition) is 0. The normalized spacial score (nSPS) is 28.5. The zero-order valence-electron chi connectivity index (χ0n) is 6.31. The van der Waals surface area contributed by atoms with Crippen LogP contribution in [0.5, 0.6) is 0 Å². The summed E-state index contributed by atoms with van der Waals surface area (Å²) in [6.45, 7) is 2.05. The fourth-order valence-corrected chi connectivity index (χ4v) is 1.66. The van der Waals surface area contributed by atoms with Crippen LogP contribution in [0.25, 0.3) is 0 Å². The van der Waals surface area contributed by atoms with E-state index in [1.165, 1.54) is 5.57 Å². The quantitative estimate of drug-likeness (QED) is 0.498. The van der Waals surface area contributed by atoms with Gasteiger partial charge in [0.25, 0.3) is 0 Å². The van der Waals surface area contributed by atoms with Gasteiger partial charge in [0.15, 0.2) is 5.78 Å². The average molecular weight is 136 g/mol. The van der Waals surface area contributed by atoms with Gasteiger partial charge in [-0.15, -0.1) is 0 Å². The van der Waals surface area contributed by atoms with E-state index in [1.807, 2.05) is 13.0 Å². The van der Waals surface area contributed by atoms with Crippen molar-refractivity contribution in [2.24, 2.45) is 5.41 Å². The Morgan fingerprint density at radius 3 is 2.60 bits per heavy atom. The van der Waals surface area contributed by atoms with E-state index in [9.17, 15) is 4.79 Å². The Labute approximate surface area is 61.1 Å². The Morgan fingerprint density at radius 1 is 1.40 bits per heavy atom. The average Bonchev–Trinajstić information content (AvgIpc) is 2.62. The van der Waals surface area contributed by atoms with Crippen LogP contribution < -0.4 is 0 Å². The third kappa shape index (κ3) is 0.731. The van der Waals surface area contributed by atoms with Crippen LogP contribution >= 0.6 is 0 Å². The number of hydrogen-bond acceptors (Lipinski definition) is 1. The predicted molar refractivity (Wildman–Crippen MR) is 39.7 cm³/mol. The van der Waals surface area contributed by atoms with Gasteiger partial charge in [-0.1, -0.05) is 5.57 Å². The second-order valence-corrected chi connectivity index (χ2v) is 3.64. The van der Waals surface area contributed by atoms with E-state index in [0.717, 1.165) is 25.7 Å². The highest BCUT2D eigenvalue weighted by molar-refractivity contribution is 5.98. The van der Waals surface area contributed by atoms with Crippen molar-refractivity contribution in [3.05, 3.63) is 11.6 Å². The fourth-order valence-electron chi connectivity index (χ4n) is 1.66. The maximum absolute atomic E-state index is 11.3. The molecule has 1 saturated carbocycles. The van der Waals surface area contributed by atoms with E-state index in [0.29, 0.717) is 5.78 Å². The molecule has 1 spiro atoms. The van der Waals surface area contributed by atoms with Gasteiger partial charge in [-0.25, -0.2) is 0 Å². The third-order valence-electron chi connectivity index (χ3n) is 2.75. The highest BCUT2D eigenvalue weighted by Crippen LogP contribution is 2.53. The summed E-state index contributed by atoms with van der Waals surface area (Å²) in [5, 5.41) is 0. The van der Waals surface area contributed by atoms with Crippen molar-refractivity contribution < 1.29 is 4.79 Å². The zero-order valence-corrected chi connectivity index (χ0v) is 6.31. The number of carbonyl (C=O) groups is 1. The summed E-state index contributed by atoms with van der Waals surface area (Å²) in [5.74, 6) is 0.399. The molecule has 0 N–H and O–H groups in total. The molecule has 0 amide bonds. The van der Waals surface area contributed by atoms with Crippen molar-refractivity contribution in [1.29, 1.82) is 0 Å². The molecule has 0 aromatic heterocycles. The van der Waals surface area contributed by atoms with Crippen molar-refractivity contribution in [3.63, 3.8) is 0 Å². The Morgan fingerprint density at radius 2 is 2.10 bits per heavy atom. The molecule has 0 unspecified atom stereocenters. The monoisotopic (exact) mass is 136 g/mol. The van der Waals surface area contributed by atoms with Crippen molar-refractivity contribution >= 4 is 5.78 Å². The lowest BCUT2D eigenvalue weighted by Gasteiger charge is -2.16. The Hall–Kier alpha value is -0.590. The Balaban J connectivity index is 2.25. The van der Waals surface area contributed by atoms with E-state index in [4.69, 9.17) is 0 Å². The van der Waals surface area contributed by atoms with Gasteiger partial charge in [-0.2, -0.15) is 0 Å². The van der Waals surface area contributed by atoms with E-state index in [2.05, 4.69) is 0 Å². The molecule has 2 aliphatic carbocycles. The van der Waals surface area contributed by atoms with Crippen LogP contribution in [0.1, 0.15) is 32.6 Å². The molecule has 0 aromatic rings. The lowest BCUT2D eigenvalue weighted by atomic mass is 9.86. The molecule has 2 rings (SSSR count). The molecule has 0 bridgehead atoms. The minimum atomic E-state index is 0.152. The molecule has 0 radical (unpaired) electrons. The maximum atomic E-state index is 11.3.